The average Bonchev–Trinajstić information content (AvgIpc) is 3.14. The molecule has 1 N–H and O–H groups in total. The highest BCUT2D eigenvalue weighted by Gasteiger charge is 2.05. The molecule has 25 heavy (non-hydrogen) atoms. The van der Waals surface area contributed by atoms with E-state index in [2.05, 4.69) is 36.8 Å². The summed E-state index contributed by atoms with van der Waals surface area (Å²) in [5, 5.41) is 13.9. The second kappa shape index (κ2) is 8.39. The van der Waals surface area contributed by atoms with Crippen LogP contribution in [0.3, 0.4) is 0 Å². The number of carbonyl (C=O) groups is 1. The van der Waals surface area contributed by atoms with Crippen LogP contribution in [0, 0.1) is 0 Å². The minimum absolute atomic E-state index is 0.0632. The number of nitrogens with zero attached hydrogens (tertiary/aromatic N) is 4. The Labute approximate surface area is 153 Å². The fourth-order valence-corrected chi connectivity index (χ4v) is 2.59. The lowest BCUT2D eigenvalue weighted by Gasteiger charge is -2.08. The summed E-state index contributed by atoms with van der Waals surface area (Å²) in [6.07, 6.45) is 2.51. The molecule has 2 aromatic carbocycles. The lowest BCUT2D eigenvalue weighted by atomic mass is 10.2. The second-order valence-corrected chi connectivity index (χ2v) is 6.18. The van der Waals surface area contributed by atoms with Gasteiger partial charge in [0.2, 0.25) is 5.91 Å². The first-order valence-corrected chi connectivity index (χ1v) is 8.52. The van der Waals surface area contributed by atoms with Crippen LogP contribution < -0.4 is 10.1 Å². The molecule has 3 aromatic rings. The Morgan fingerprint density at radius 3 is 2.88 bits per heavy atom. The number of benzene rings is 2. The molecule has 0 saturated heterocycles. The maximum absolute atomic E-state index is 12.1. The zero-order chi connectivity index (χ0) is 17.5. The quantitative estimate of drug-likeness (QED) is 0.614. The maximum atomic E-state index is 12.1. The van der Waals surface area contributed by atoms with Gasteiger partial charge in [-0.1, -0.05) is 28.1 Å². The second-order valence-electron chi connectivity index (χ2n) is 5.26. The Bertz CT molecular complexity index is 839. The number of anilines is 1. The molecule has 0 aliphatic carbocycles. The van der Waals surface area contributed by atoms with Gasteiger partial charge in [-0.2, -0.15) is 0 Å². The van der Waals surface area contributed by atoms with Gasteiger partial charge < -0.3 is 10.1 Å². The van der Waals surface area contributed by atoms with Gasteiger partial charge in [-0.3, -0.25) is 4.79 Å². The SMILES string of the molecule is O=C(CCCOc1cccc(Br)c1)Nc1cccc(-n2cnnn2)c1. The van der Waals surface area contributed by atoms with Crippen LogP contribution in [-0.2, 0) is 4.79 Å². The van der Waals surface area contributed by atoms with Crippen LogP contribution in [-0.4, -0.2) is 32.7 Å². The average molecular weight is 402 g/mol. The lowest BCUT2D eigenvalue weighted by molar-refractivity contribution is -0.116. The molecule has 0 fully saturated rings. The third kappa shape index (κ3) is 5.12. The number of amides is 1. The first-order chi connectivity index (χ1) is 12.2. The molecule has 0 radical (unpaired) electrons. The van der Waals surface area contributed by atoms with Gasteiger partial charge in [0.25, 0.3) is 0 Å². The fraction of sp³-hybridized carbons (Fsp3) is 0.176. The Kier molecular flexibility index (Phi) is 5.73. The molecule has 0 spiro atoms. The van der Waals surface area contributed by atoms with Gasteiger partial charge in [-0.25, -0.2) is 4.68 Å². The maximum Gasteiger partial charge on any atom is 0.224 e. The van der Waals surface area contributed by atoms with Crippen LogP contribution in [0.2, 0.25) is 0 Å². The van der Waals surface area contributed by atoms with Crippen LogP contribution in [0.25, 0.3) is 5.69 Å². The summed E-state index contributed by atoms with van der Waals surface area (Å²) >= 11 is 3.39. The number of aromatic nitrogens is 4. The van der Waals surface area contributed by atoms with E-state index in [1.54, 1.807) is 0 Å². The minimum Gasteiger partial charge on any atom is -0.494 e. The Morgan fingerprint density at radius 1 is 1.20 bits per heavy atom. The molecule has 3 rings (SSSR count). The third-order valence-electron chi connectivity index (χ3n) is 3.36. The molecule has 1 aromatic heterocycles. The van der Waals surface area contributed by atoms with E-state index in [-0.39, 0.29) is 5.91 Å². The van der Waals surface area contributed by atoms with E-state index >= 15 is 0 Å². The molecule has 0 bridgehead atoms. The van der Waals surface area contributed by atoms with Crippen molar-refractivity contribution in [3.05, 3.63) is 59.3 Å². The monoisotopic (exact) mass is 401 g/mol. The van der Waals surface area contributed by atoms with E-state index in [0.717, 1.165) is 15.9 Å². The van der Waals surface area contributed by atoms with Crippen molar-refractivity contribution in [3.8, 4) is 11.4 Å². The van der Waals surface area contributed by atoms with Crippen molar-refractivity contribution in [2.24, 2.45) is 0 Å². The zero-order valence-electron chi connectivity index (χ0n) is 13.3. The van der Waals surface area contributed by atoms with Crippen LogP contribution in [0.5, 0.6) is 5.75 Å². The third-order valence-corrected chi connectivity index (χ3v) is 3.85. The van der Waals surface area contributed by atoms with Gasteiger partial charge in [0.1, 0.15) is 12.1 Å². The number of tetrazole rings is 1. The molecular weight excluding hydrogens is 386 g/mol. The zero-order valence-corrected chi connectivity index (χ0v) is 14.9. The lowest BCUT2D eigenvalue weighted by Crippen LogP contribution is -2.13. The number of carbonyl (C=O) groups excluding carboxylic acids is 1. The Balaban J connectivity index is 1.46. The normalized spacial score (nSPS) is 10.4. The van der Waals surface area contributed by atoms with E-state index in [9.17, 15) is 4.79 Å². The standard InChI is InChI=1S/C17H16BrN5O2/c18-13-4-1-7-16(10-13)25-9-3-8-17(24)20-14-5-2-6-15(11-14)23-12-19-21-22-23/h1-2,4-7,10-12H,3,8-9H2,(H,20,24). The predicted molar refractivity (Wildman–Crippen MR) is 96.7 cm³/mol. The summed E-state index contributed by atoms with van der Waals surface area (Å²) in [5.74, 6) is 0.718. The summed E-state index contributed by atoms with van der Waals surface area (Å²) in [5.41, 5.74) is 1.48. The number of rotatable bonds is 7. The molecule has 7 nitrogen and oxygen atoms in total. The smallest absolute Gasteiger partial charge is 0.224 e. The Morgan fingerprint density at radius 2 is 2.08 bits per heavy atom. The van der Waals surface area contributed by atoms with Gasteiger partial charge in [0, 0.05) is 16.6 Å². The number of halogens is 1. The summed E-state index contributed by atoms with van der Waals surface area (Å²) in [6, 6.07) is 14.9. The van der Waals surface area contributed by atoms with E-state index in [1.165, 1.54) is 11.0 Å². The molecular formula is C17H16BrN5O2. The van der Waals surface area contributed by atoms with E-state index in [4.69, 9.17) is 4.74 Å². The summed E-state index contributed by atoms with van der Waals surface area (Å²) in [4.78, 5) is 12.1. The van der Waals surface area contributed by atoms with Crippen molar-refractivity contribution >= 4 is 27.5 Å². The Hall–Kier alpha value is -2.74. The topological polar surface area (TPSA) is 81.9 Å². The number of nitrogens with one attached hydrogen (secondary N) is 1. The molecule has 0 unspecified atom stereocenters. The summed E-state index contributed by atoms with van der Waals surface area (Å²) in [6.45, 7) is 0.481. The first kappa shape index (κ1) is 17.1. The van der Waals surface area contributed by atoms with E-state index in [0.29, 0.717) is 25.1 Å². The summed E-state index contributed by atoms with van der Waals surface area (Å²) in [7, 11) is 0. The van der Waals surface area contributed by atoms with Crippen LogP contribution >= 0.6 is 15.9 Å². The molecule has 1 amide bonds. The van der Waals surface area contributed by atoms with Gasteiger partial charge in [-0.05, 0) is 53.2 Å². The van der Waals surface area contributed by atoms with Crippen LogP contribution in [0.15, 0.2) is 59.3 Å². The highest BCUT2D eigenvalue weighted by molar-refractivity contribution is 9.10. The van der Waals surface area contributed by atoms with Gasteiger partial charge >= 0.3 is 0 Å². The van der Waals surface area contributed by atoms with E-state index < -0.39 is 0 Å². The number of ether oxygens (including phenoxy) is 1. The molecule has 0 aliphatic heterocycles. The number of hydrogen-bond acceptors (Lipinski definition) is 5. The van der Waals surface area contributed by atoms with Crippen molar-refractivity contribution in [1.29, 1.82) is 0 Å². The molecule has 1 heterocycles. The van der Waals surface area contributed by atoms with Gasteiger partial charge in [0.15, 0.2) is 0 Å². The van der Waals surface area contributed by atoms with Crippen LogP contribution in [0.4, 0.5) is 5.69 Å². The molecule has 128 valence electrons. The highest BCUT2D eigenvalue weighted by atomic mass is 79.9. The minimum atomic E-state index is -0.0632. The first-order valence-electron chi connectivity index (χ1n) is 7.72. The predicted octanol–water partition coefficient (Wildman–Crippen LogP) is 3.22. The van der Waals surface area contributed by atoms with Crippen molar-refractivity contribution in [2.45, 2.75) is 12.8 Å². The van der Waals surface area contributed by atoms with Crippen LogP contribution in [0.1, 0.15) is 12.8 Å². The molecule has 0 saturated carbocycles. The van der Waals surface area contributed by atoms with Crippen molar-refractivity contribution in [3.63, 3.8) is 0 Å². The van der Waals surface area contributed by atoms with Crippen molar-refractivity contribution in [1.82, 2.24) is 20.2 Å². The van der Waals surface area contributed by atoms with E-state index in [1.807, 2.05) is 48.5 Å². The fourth-order valence-electron chi connectivity index (χ4n) is 2.21. The molecule has 8 heteroatoms. The van der Waals surface area contributed by atoms with Gasteiger partial charge in [-0.15, -0.1) is 5.10 Å². The molecule has 0 aliphatic rings. The largest absolute Gasteiger partial charge is 0.494 e. The number of hydrogen-bond donors (Lipinski definition) is 1. The van der Waals surface area contributed by atoms with Crippen molar-refractivity contribution < 1.29 is 9.53 Å². The van der Waals surface area contributed by atoms with Crippen molar-refractivity contribution in [2.75, 3.05) is 11.9 Å². The van der Waals surface area contributed by atoms with Gasteiger partial charge in [0.05, 0.1) is 12.3 Å². The summed E-state index contributed by atoms with van der Waals surface area (Å²) < 4.78 is 8.11. The molecule has 0 atom stereocenters. The highest BCUT2D eigenvalue weighted by Crippen LogP contribution is 2.18.